The predicted octanol–water partition coefficient (Wildman–Crippen LogP) is 2.80. The average molecular weight is 325 g/mol. The molecule has 1 aromatic carbocycles. The van der Waals surface area contributed by atoms with Crippen molar-refractivity contribution in [3.8, 4) is 0 Å². The van der Waals surface area contributed by atoms with Crippen molar-refractivity contribution >= 4 is 21.8 Å². The summed E-state index contributed by atoms with van der Waals surface area (Å²) in [6.07, 6.45) is 2.05. The van der Waals surface area contributed by atoms with E-state index in [2.05, 4.69) is 40.3 Å². The van der Waals surface area contributed by atoms with Gasteiger partial charge in [-0.1, -0.05) is 28.1 Å². The first-order valence-electron chi connectivity index (χ1n) is 6.72. The van der Waals surface area contributed by atoms with Crippen molar-refractivity contribution in [2.45, 2.75) is 26.3 Å². The molecular weight excluding hydrogens is 304 g/mol. The number of nitrogens with one attached hydrogen (secondary N) is 1. The van der Waals surface area contributed by atoms with Crippen molar-refractivity contribution in [3.63, 3.8) is 0 Å². The van der Waals surface area contributed by atoms with Crippen molar-refractivity contribution in [1.82, 2.24) is 10.2 Å². The van der Waals surface area contributed by atoms with E-state index >= 15 is 0 Å². The van der Waals surface area contributed by atoms with Crippen LogP contribution >= 0.6 is 15.9 Å². The third-order valence-electron chi connectivity index (χ3n) is 3.77. The molecule has 1 fully saturated rings. The van der Waals surface area contributed by atoms with E-state index in [1.54, 1.807) is 0 Å². The second-order valence-electron chi connectivity index (χ2n) is 5.63. The number of carbonyl (C=O) groups is 1. The van der Waals surface area contributed by atoms with Crippen LogP contribution in [-0.4, -0.2) is 30.9 Å². The highest BCUT2D eigenvalue weighted by Gasteiger charge is 2.36. The first-order valence-corrected chi connectivity index (χ1v) is 7.51. The van der Waals surface area contributed by atoms with Crippen LogP contribution in [0.3, 0.4) is 0 Å². The van der Waals surface area contributed by atoms with E-state index in [-0.39, 0.29) is 11.3 Å². The lowest BCUT2D eigenvalue weighted by Crippen LogP contribution is -2.48. The van der Waals surface area contributed by atoms with Crippen molar-refractivity contribution in [2.24, 2.45) is 5.41 Å². The molecule has 0 saturated carbocycles. The lowest BCUT2D eigenvalue weighted by molar-refractivity contribution is -0.141. The molecule has 3 nitrogen and oxygen atoms in total. The first-order chi connectivity index (χ1) is 9.01. The number of hydrogen-bond acceptors (Lipinski definition) is 2. The van der Waals surface area contributed by atoms with Crippen LogP contribution in [0.2, 0.25) is 0 Å². The minimum atomic E-state index is -0.251. The van der Waals surface area contributed by atoms with E-state index in [0.29, 0.717) is 6.54 Å². The summed E-state index contributed by atoms with van der Waals surface area (Å²) in [7, 11) is 1.89. The molecule has 0 aromatic heterocycles. The number of nitrogens with zero attached hydrogens (tertiary/aromatic N) is 1. The zero-order valence-electron chi connectivity index (χ0n) is 11.6. The Kier molecular flexibility index (Phi) is 4.63. The molecule has 1 aromatic rings. The van der Waals surface area contributed by atoms with Gasteiger partial charge >= 0.3 is 0 Å². The summed E-state index contributed by atoms with van der Waals surface area (Å²) in [5, 5.41) is 3.33. The summed E-state index contributed by atoms with van der Waals surface area (Å²) in [5.41, 5.74) is 0.900. The molecule has 2 rings (SSSR count). The molecule has 0 aliphatic carbocycles. The second-order valence-corrected chi connectivity index (χ2v) is 6.55. The molecular formula is C15H21BrN2O. The number of rotatable bonds is 3. The zero-order chi connectivity index (χ0) is 13.9. The Hall–Kier alpha value is -0.870. The molecule has 104 valence electrons. The smallest absolute Gasteiger partial charge is 0.229 e. The molecule has 0 spiro atoms. The fourth-order valence-electron chi connectivity index (χ4n) is 2.68. The SMILES string of the molecule is CN(Cc1cccc(Br)c1)C(=O)C1(C)CCCNC1. The standard InChI is InChI=1S/C15H21BrN2O/c1-15(7-4-8-17-11-15)14(19)18(2)10-12-5-3-6-13(16)9-12/h3,5-6,9,17H,4,7-8,10-11H2,1-2H3. The highest BCUT2D eigenvalue weighted by Crippen LogP contribution is 2.28. The third-order valence-corrected chi connectivity index (χ3v) is 4.26. The maximum absolute atomic E-state index is 12.6. The summed E-state index contributed by atoms with van der Waals surface area (Å²) >= 11 is 3.46. The van der Waals surface area contributed by atoms with Gasteiger partial charge in [0.15, 0.2) is 0 Å². The van der Waals surface area contributed by atoms with Gasteiger partial charge < -0.3 is 10.2 Å². The molecule has 4 heteroatoms. The minimum Gasteiger partial charge on any atom is -0.341 e. The monoisotopic (exact) mass is 324 g/mol. The molecule has 0 bridgehead atoms. The summed E-state index contributed by atoms with van der Waals surface area (Å²) in [5.74, 6) is 0.236. The quantitative estimate of drug-likeness (QED) is 0.927. The van der Waals surface area contributed by atoms with Gasteiger partial charge in [0.1, 0.15) is 0 Å². The van der Waals surface area contributed by atoms with E-state index in [1.807, 2.05) is 24.1 Å². The molecule has 0 radical (unpaired) electrons. The van der Waals surface area contributed by atoms with Gasteiger partial charge in [-0.05, 0) is 44.0 Å². The Morgan fingerprint density at radius 3 is 2.95 bits per heavy atom. The fraction of sp³-hybridized carbons (Fsp3) is 0.533. The molecule has 1 aliphatic heterocycles. The predicted molar refractivity (Wildman–Crippen MR) is 80.8 cm³/mol. The van der Waals surface area contributed by atoms with Crippen molar-refractivity contribution in [2.75, 3.05) is 20.1 Å². The highest BCUT2D eigenvalue weighted by molar-refractivity contribution is 9.10. The van der Waals surface area contributed by atoms with E-state index in [1.165, 1.54) is 0 Å². The molecule has 1 N–H and O–H groups in total. The normalized spacial score (nSPS) is 23.1. The summed E-state index contributed by atoms with van der Waals surface area (Å²) < 4.78 is 1.05. The van der Waals surface area contributed by atoms with E-state index in [0.717, 1.165) is 36.0 Å². The lowest BCUT2D eigenvalue weighted by Gasteiger charge is -2.36. The number of amides is 1. The maximum atomic E-state index is 12.6. The van der Waals surface area contributed by atoms with Gasteiger partial charge in [-0.2, -0.15) is 0 Å². The van der Waals surface area contributed by atoms with Gasteiger partial charge in [-0.15, -0.1) is 0 Å². The Morgan fingerprint density at radius 2 is 2.32 bits per heavy atom. The Balaban J connectivity index is 2.03. The van der Waals surface area contributed by atoms with Crippen LogP contribution in [0.4, 0.5) is 0 Å². The van der Waals surface area contributed by atoms with Crippen LogP contribution in [-0.2, 0) is 11.3 Å². The molecule has 1 aliphatic rings. The molecule has 19 heavy (non-hydrogen) atoms. The van der Waals surface area contributed by atoms with Gasteiger partial charge in [0.2, 0.25) is 5.91 Å². The lowest BCUT2D eigenvalue weighted by atomic mass is 9.81. The average Bonchev–Trinajstić information content (AvgIpc) is 2.38. The number of piperidine rings is 1. The van der Waals surface area contributed by atoms with Crippen molar-refractivity contribution in [1.29, 1.82) is 0 Å². The van der Waals surface area contributed by atoms with Crippen LogP contribution in [0, 0.1) is 5.41 Å². The Bertz CT molecular complexity index is 455. The molecule has 1 amide bonds. The third kappa shape index (κ3) is 3.57. The summed E-state index contributed by atoms with van der Waals surface area (Å²) in [6.45, 7) is 4.54. The van der Waals surface area contributed by atoms with E-state index in [4.69, 9.17) is 0 Å². The van der Waals surface area contributed by atoms with Gasteiger partial charge in [-0.25, -0.2) is 0 Å². The second kappa shape index (κ2) is 6.06. The van der Waals surface area contributed by atoms with Crippen LogP contribution in [0.5, 0.6) is 0 Å². The van der Waals surface area contributed by atoms with Crippen LogP contribution < -0.4 is 5.32 Å². The van der Waals surface area contributed by atoms with Gasteiger partial charge in [0.25, 0.3) is 0 Å². The molecule has 1 atom stereocenters. The number of hydrogen-bond donors (Lipinski definition) is 1. The molecule has 1 heterocycles. The van der Waals surface area contributed by atoms with Crippen LogP contribution in [0.15, 0.2) is 28.7 Å². The van der Waals surface area contributed by atoms with Gasteiger partial charge in [0.05, 0.1) is 5.41 Å². The van der Waals surface area contributed by atoms with Gasteiger partial charge in [0, 0.05) is 24.6 Å². The minimum absolute atomic E-state index is 0.236. The van der Waals surface area contributed by atoms with Crippen LogP contribution in [0.1, 0.15) is 25.3 Å². The van der Waals surface area contributed by atoms with E-state index < -0.39 is 0 Å². The highest BCUT2D eigenvalue weighted by atomic mass is 79.9. The number of benzene rings is 1. The Morgan fingerprint density at radius 1 is 1.53 bits per heavy atom. The molecule has 1 unspecified atom stereocenters. The first kappa shape index (κ1) is 14.5. The summed E-state index contributed by atoms with van der Waals surface area (Å²) in [4.78, 5) is 14.4. The van der Waals surface area contributed by atoms with Crippen molar-refractivity contribution in [3.05, 3.63) is 34.3 Å². The zero-order valence-corrected chi connectivity index (χ0v) is 13.2. The molecule has 1 saturated heterocycles. The van der Waals surface area contributed by atoms with Crippen LogP contribution in [0.25, 0.3) is 0 Å². The topological polar surface area (TPSA) is 32.3 Å². The largest absolute Gasteiger partial charge is 0.341 e. The van der Waals surface area contributed by atoms with Gasteiger partial charge in [-0.3, -0.25) is 4.79 Å². The fourth-order valence-corrected chi connectivity index (χ4v) is 3.13. The van der Waals surface area contributed by atoms with Crippen molar-refractivity contribution < 1.29 is 4.79 Å². The number of halogens is 1. The summed E-state index contributed by atoms with van der Waals surface area (Å²) in [6, 6.07) is 8.11. The number of carbonyl (C=O) groups excluding carboxylic acids is 1. The Labute approximate surface area is 123 Å². The maximum Gasteiger partial charge on any atom is 0.229 e. The van der Waals surface area contributed by atoms with E-state index in [9.17, 15) is 4.79 Å².